The van der Waals surface area contributed by atoms with Crippen molar-refractivity contribution in [2.24, 2.45) is 5.92 Å². The second-order valence-electron chi connectivity index (χ2n) is 9.41. The standard InChI is InChI=1S/C24H37N3O2/c1-18(2-3-19-4-8-23(28)9-5-19)26-16-12-22(13-17-26)27-14-10-20(11-15-27)24(29)25-21-6-7-21/h4-5,8-9,18,20-22,28H,2-3,6-7,10-17H2,1H3,(H,25,29). The van der Waals surface area contributed by atoms with Gasteiger partial charge in [-0.3, -0.25) is 4.79 Å². The van der Waals surface area contributed by atoms with Crippen LogP contribution in [-0.2, 0) is 11.2 Å². The normalized spacial score (nSPS) is 23.8. The molecule has 1 saturated carbocycles. The number of amides is 1. The SMILES string of the molecule is CC(CCc1ccc(O)cc1)N1CCC(N2CCC(C(=O)NC3CC3)CC2)CC1. The van der Waals surface area contributed by atoms with Gasteiger partial charge in [-0.25, -0.2) is 0 Å². The lowest BCUT2D eigenvalue weighted by atomic mass is 9.92. The van der Waals surface area contributed by atoms with E-state index in [1.54, 1.807) is 12.1 Å². The summed E-state index contributed by atoms with van der Waals surface area (Å²) in [4.78, 5) is 17.6. The molecule has 0 aromatic heterocycles. The summed E-state index contributed by atoms with van der Waals surface area (Å²) < 4.78 is 0. The van der Waals surface area contributed by atoms with Gasteiger partial charge in [0.2, 0.25) is 5.91 Å². The number of phenols is 1. The Hall–Kier alpha value is -1.59. The topological polar surface area (TPSA) is 55.8 Å². The molecule has 3 aliphatic rings. The highest BCUT2D eigenvalue weighted by Gasteiger charge is 2.33. The van der Waals surface area contributed by atoms with Crippen LogP contribution >= 0.6 is 0 Å². The Bertz CT molecular complexity index is 657. The van der Waals surface area contributed by atoms with E-state index in [-0.39, 0.29) is 5.92 Å². The average Bonchev–Trinajstić information content (AvgIpc) is 3.57. The minimum atomic E-state index is 0.242. The van der Waals surface area contributed by atoms with Gasteiger partial charge in [-0.05, 0) is 102 Å². The molecule has 2 N–H and O–H groups in total. The zero-order valence-electron chi connectivity index (χ0n) is 17.9. The zero-order chi connectivity index (χ0) is 20.2. The van der Waals surface area contributed by atoms with Gasteiger partial charge in [0.15, 0.2) is 0 Å². The minimum absolute atomic E-state index is 0.242. The Morgan fingerprint density at radius 3 is 2.31 bits per heavy atom. The predicted octanol–water partition coefficient (Wildman–Crippen LogP) is 3.17. The number of rotatable bonds is 7. The van der Waals surface area contributed by atoms with Gasteiger partial charge in [0.05, 0.1) is 0 Å². The first kappa shape index (κ1) is 20.7. The molecule has 0 bridgehead atoms. The molecule has 2 heterocycles. The molecule has 1 amide bonds. The smallest absolute Gasteiger partial charge is 0.223 e. The van der Waals surface area contributed by atoms with Crippen molar-refractivity contribution in [2.75, 3.05) is 26.2 Å². The molecule has 1 aromatic carbocycles. The number of carbonyl (C=O) groups excluding carboxylic acids is 1. The average molecular weight is 400 g/mol. The molecule has 0 spiro atoms. The van der Waals surface area contributed by atoms with E-state index >= 15 is 0 Å². The molecule has 0 radical (unpaired) electrons. The lowest BCUT2D eigenvalue weighted by Crippen LogP contribution is -2.50. The van der Waals surface area contributed by atoms with Gasteiger partial charge in [0.1, 0.15) is 5.75 Å². The first-order chi connectivity index (χ1) is 14.1. The van der Waals surface area contributed by atoms with E-state index in [1.807, 2.05) is 12.1 Å². The van der Waals surface area contributed by atoms with Crippen LogP contribution in [0.2, 0.25) is 0 Å². The van der Waals surface area contributed by atoms with E-state index in [0.29, 0.717) is 29.8 Å². The number of hydrogen-bond donors (Lipinski definition) is 2. The van der Waals surface area contributed by atoms with Crippen LogP contribution in [-0.4, -0.2) is 65.1 Å². The molecular formula is C24H37N3O2. The van der Waals surface area contributed by atoms with Gasteiger partial charge in [-0.15, -0.1) is 0 Å². The molecule has 1 aromatic rings. The molecule has 3 fully saturated rings. The van der Waals surface area contributed by atoms with E-state index in [2.05, 4.69) is 22.0 Å². The fraction of sp³-hybridized carbons (Fsp3) is 0.708. The molecular weight excluding hydrogens is 362 g/mol. The van der Waals surface area contributed by atoms with E-state index in [9.17, 15) is 9.90 Å². The summed E-state index contributed by atoms with van der Waals surface area (Å²) in [5.74, 6) is 0.896. The number of nitrogens with one attached hydrogen (secondary N) is 1. The van der Waals surface area contributed by atoms with Crippen LogP contribution in [0.5, 0.6) is 5.75 Å². The largest absolute Gasteiger partial charge is 0.508 e. The lowest BCUT2D eigenvalue weighted by molar-refractivity contribution is -0.126. The predicted molar refractivity (Wildman–Crippen MR) is 116 cm³/mol. The highest BCUT2D eigenvalue weighted by Crippen LogP contribution is 2.27. The van der Waals surface area contributed by atoms with Gasteiger partial charge >= 0.3 is 0 Å². The molecule has 1 aliphatic carbocycles. The molecule has 29 heavy (non-hydrogen) atoms. The molecule has 2 aliphatic heterocycles. The van der Waals surface area contributed by atoms with Gasteiger partial charge in [-0.1, -0.05) is 12.1 Å². The van der Waals surface area contributed by atoms with Crippen molar-refractivity contribution in [2.45, 2.75) is 76.4 Å². The van der Waals surface area contributed by atoms with Crippen molar-refractivity contribution in [3.05, 3.63) is 29.8 Å². The van der Waals surface area contributed by atoms with Crippen LogP contribution in [0.15, 0.2) is 24.3 Å². The highest BCUT2D eigenvalue weighted by molar-refractivity contribution is 5.79. The van der Waals surface area contributed by atoms with Crippen LogP contribution < -0.4 is 5.32 Å². The summed E-state index contributed by atoms with van der Waals surface area (Å²) in [5.41, 5.74) is 1.30. The molecule has 160 valence electrons. The number of nitrogens with zero attached hydrogens (tertiary/aromatic N) is 2. The van der Waals surface area contributed by atoms with E-state index in [4.69, 9.17) is 0 Å². The Morgan fingerprint density at radius 1 is 1.03 bits per heavy atom. The summed E-state index contributed by atoms with van der Waals surface area (Å²) in [6.45, 7) is 6.89. The number of piperidine rings is 2. The summed E-state index contributed by atoms with van der Waals surface area (Å²) in [7, 11) is 0. The van der Waals surface area contributed by atoms with Crippen molar-refractivity contribution in [1.29, 1.82) is 0 Å². The third kappa shape index (κ3) is 5.73. The van der Waals surface area contributed by atoms with Gasteiger partial charge in [0, 0.05) is 24.0 Å². The Kier molecular flexibility index (Phi) is 6.76. The molecule has 5 nitrogen and oxygen atoms in total. The number of aromatic hydroxyl groups is 1. The monoisotopic (exact) mass is 399 g/mol. The maximum Gasteiger partial charge on any atom is 0.223 e. The van der Waals surface area contributed by atoms with Crippen molar-refractivity contribution >= 4 is 5.91 Å². The van der Waals surface area contributed by atoms with Crippen LogP contribution in [0, 0.1) is 5.92 Å². The number of phenolic OH excluding ortho intramolecular Hbond substituents is 1. The molecule has 2 saturated heterocycles. The van der Waals surface area contributed by atoms with Crippen LogP contribution in [0.1, 0.15) is 57.4 Å². The number of hydrogen-bond acceptors (Lipinski definition) is 4. The van der Waals surface area contributed by atoms with E-state index in [1.165, 1.54) is 44.3 Å². The summed E-state index contributed by atoms with van der Waals surface area (Å²) in [6, 6.07) is 9.41. The summed E-state index contributed by atoms with van der Waals surface area (Å²) >= 11 is 0. The van der Waals surface area contributed by atoms with Crippen LogP contribution in [0.4, 0.5) is 0 Å². The van der Waals surface area contributed by atoms with Crippen molar-refractivity contribution < 1.29 is 9.90 Å². The maximum atomic E-state index is 12.3. The Labute approximate surface area is 175 Å². The third-order valence-electron chi connectivity index (χ3n) is 7.25. The Morgan fingerprint density at radius 2 is 1.69 bits per heavy atom. The van der Waals surface area contributed by atoms with Gasteiger partial charge < -0.3 is 20.2 Å². The van der Waals surface area contributed by atoms with Crippen molar-refractivity contribution in [3.8, 4) is 5.75 Å². The number of carbonyl (C=O) groups is 1. The first-order valence-electron chi connectivity index (χ1n) is 11.6. The van der Waals surface area contributed by atoms with Crippen LogP contribution in [0.3, 0.4) is 0 Å². The molecule has 1 unspecified atom stereocenters. The minimum Gasteiger partial charge on any atom is -0.508 e. The lowest BCUT2D eigenvalue weighted by Gasteiger charge is -2.43. The number of likely N-dealkylation sites (tertiary alicyclic amines) is 2. The molecule has 5 heteroatoms. The van der Waals surface area contributed by atoms with E-state index < -0.39 is 0 Å². The van der Waals surface area contributed by atoms with Crippen LogP contribution in [0.25, 0.3) is 0 Å². The number of benzene rings is 1. The van der Waals surface area contributed by atoms with Crippen molar-refractivity contribution in [3.63, 3.8) is 0 Å². The quantitative estimate of drug-likeness (QED) is 0.739. The fourth-order valence-corrected chi connectivity index (χ4v) is 4.99. The van der Waals surface area contributed by atoms with Crippen molar-refractivity contribution in [1.82, 2.24) is 15.1 Å². The third-order valence-corrected chi connectivity index (χ3v) is 7.25. The summed E-state index contributed by atoms with van der Waals surface area (Å²) in [5, 5.41) is 12.6. The Balaban J connectivity index is 1.15. The summed E-state index contributed by atoms with van der Waals surface area (Å²) in [6.07, 6.45) is 9.15. The van der Waals surface area contributed by atoms with E-state index in [0.717, 1.165) is 38.8 Å². The van der Waals surface area contributed by atoms with Gasteiger partial charge in [0.25, 0.3) is 0 Å². The maximum absolute atomic E-state index is 12.3. The fourth-order valence-electron chi connectivity index (χ4n) is 4.99. The molecule has 4 rings (SSSR count). The molecule has 1 atom stereocenters. The zero-order valence-corrected chi connectivity index (χ0v) is 17.9. The first-order valence-corrected chi connectivity index (χ1v) is 11.6. The highest BCUT2D eigenvalue weighted by atomic mass is 16.3. The van der Waals surface area contributed by atoms with Gasteiger partial charge in [-0.2, -0.15) is 0 Å². The second-order valence-corrected chi connectivity index (χ2v) is 9.41. The second kappa shape index (κ2) is 9.48. The number of aryl methyl sites for hydroxylation is 1.